The van der Waals surface area contributed by atoms with E-state index in [0.29, 0.717) is 0 Å². The molecular formula is C15H23BrN2O. The summed E-state index contributed by atoms with van der Waals surface area (Å²) < 4.78 is 6.68. The van der Waals surface area contributed by atoms with Gasteiger partial charge in [0.05, 0.1) is 11.6 Å². The highest BCUT2D eigenvalue weighted by Crippen LogP contribution is 2.34. The van der Waals surface area contributed by atoms with Crippen molar-refractivity contribution in [3.8, 4) is 5.75 Å². The SMILES string of the molecule is COc1c(CCN2CCNCC2)cc(C)c(C)c1Br. The number of hydrogen-bond acceptors (Lipinski definition) is 3. The Labute approximate surface area is 124 Å². The van der Waals surface area contributed by atoms with Crippen LogP contribution < -0.4 is 10.1 Å². The lowest BCUT2D eigenvalue weighted by Crippen LogP contribution is -2.44. The Morgan fingerprint density at radius 2 is 2.00 bits per heavy atom. The highest BCUT2D eigenvalue weighted by Gasteiger charge is 2.15. The van der Waals surface area contributed by atoms with E-state index in [-0.39, 0.29) is 0 Å². The van der Waals surface area contributed by atoms with Gasteiger partial charge in [-0.1, -0.05) is 6.07 Å². The van der Waals surface area contributed by atoms with Crippen LogP contribution in [0.1, 0.15) is 16.7 Å². The number of rotatable bonds is 4. The molecule has 1 aliphatic rings. The maximum atomic E-state index is 5.57. The molecule has 0 aliphatic carbocycles. The van der Waals surface area contributed by atoms with E-state index in [4.69, 9.17) is 4.74 Å². The Morgan fingerprint density at radius 3 is 2.63 bits per heavy atom. The van der Waals surface area contributed by atoms with Crippen molar-refractivity contribution in [3.63, 3.8) is 0 Å². The maximum absolute atomic E-state index is 5.57. The smallest absolute Gasteiger partial charge is 0.136 e. The van der Waals surface area contributed by atoms with Crippen molar-refractivity contribution in [2.75, 3.05) is 39.8 Å². The van der Waals surface area contributed by atoms with E-state index in [1.165, 1.54) is 16.7 Å². The summed E-state index contributed by atoms with van der Waals surface area (Å²) in [5.74, 6) is 0.998. The first-order valence-electron chi connectivity index (χ1n) is 6.89. The van der Waals surface area contributed by atoms with Crippen LogP contribution in [0.3, 0.4) is 0 Å². The Hall–Kier alpha value is -0.580. The van der Waals surface area contributed by atoms with E-state index in [2.05, 4.69) is 46.1 Å². The van der Waals surface area contributed by atoms with E-state index in [1.54, 1.807) is 7.11 Å². The van der Waals surface area contributed by atoms with Crippen molar-refractivity contribution in [1.82, 2.24) is 10.2 Å². The number of benzene rings is 1. The number of ether oxygens (including phenoxy) is 1. The molecule has 0 spiro atoms. The van der Waals surface area contributed by atoms with Crippen LogP contribution in [0.15, 0.2) is 10.5 Å². The minimum absolute atomic E-state index is 0.998. The number of halogens is 1. The predicted molar refractivity (Wildman–Crippen MR) is 83.2 cm³/mol. The first kappa shape index (κ1) is 14.8. The molecule has 1 aromatic carbocycles. The standard InChI is InChI=1S/C15H23BrN2O/c1-11-10-13(15(19-3)14(16)12(11)2)4-7-18-8-5-17-6-9-18/h10,17H,4-9H2,1-3H3. The van der Waals surface area contributed by atoms with Crippen LogP contribution in [-0.2, 0) is 6.42 Å². The fourth-order valence-corrected chi connectivity index (χ4v) is 3.27. The lowest BCUT2D eigenvalue weighted by atomic mass is 10.0. The normalized spacial score (nSPS) is 16.6. The molecular weight excluding hydrogens is 304 g/mol. The summed E-state index contributed by atoms with van der Waals surface area (Å²) in [4.78, 5) is 2.51. The molecule has 0 aromatic heterocycles. The van der Waals surface area contributed by atoms with Crippen molar-refractivity contribution in [1.29, 1.82) is 0 Å². The van der Waals surface area contributed by atoms with Gasteiger partial charge < -0.3 is 15.0 Å². The number of methoxy groups -OCH3 is 1. The molecule has 106 valence electrons. The predicted octanol–water partition coefficient (Wildman–Crippen LogP) is 2.52. The molecule has 0 radical (unpaired) electrons. The molecule has 0 atom stereocenters. The second-order valence-electron chi connectivity index (χ2n) is 5.17. The van der Waals surface area contributed by atoms with Gasteiger partial charge in [-0.2, -0.15) is 0 Å². The molecule has 0 saturated carbocycles. The molecule has 1 fully saturated rings. The van der Waals surface area contributed by atoms with Gasteiger partial charge in [0.1, 0.15) is 5.75 Å². The molecule has 1 saturated heterocycles. The zero-order valence-electron chi connectivity index (χ0n) is 12.1. The first-order valence-corrected chi connectivity index (χ1v) is 7.68. The summed E-state index contributed by atoms with van der Waals surface area (Å²) in [6.45, 7) is 9.90. The van der Waals surface area contributed by atoms with Crippen molar-refractivity contribution in [2.24, 2.45) is 0 Å². The van der Waals surface area contributed by atoms with Crippen LogP contribution in [-0.4, -0.2) is 44.7 Å². The fraction of sp³-hybridized carbons (Fsp3) is 0.600. The molecule has 1 aliphatic heterocycles. The van der Waals surface area contributed by atoms with Crippen molar-refractivity contribution >= 4 is 15.9 Å². The number of nitrogens with one attached hydrogen (secondary N) is 1. The minimum atomic E-state index is 0.998. The largest absolute Gasteiger partial charge is 0.495 e. The summed E-state index contributed by atoms with van der Waals surface area (Å²) in [6.07, 6.45) is 1.04. The summed E-state index contributed by atoms with van der Waals surface area (Å²) >= 11 is 3.66. The van der Waals surface area contributed by atoms with Gasteiger partial charge >= 0.3 is 0 Å². The molecule has 1 aromatic rings. The molecule has 19 heavy (non-hydrogen) atoms. The van der Waals surface area contributed by atoms with Gasteiger partial charge in [-0.3, -0.25) is 0 Å². The third kappa shape index (κ3) is 3.50. The highest BCUT2D eigenvalue weighted by atomic mass is 79.9. The number of nitrogens with zero attached hydrogens (tertiary/aromatic N) is 1. The molecule has 4 heteroatoms. The van der Waals surface area contributed by atoms with E-state index in [9.17, 15) is 0 Å². The number of aryl methyl sites for hydroxylation is 1. The van der Waals surface area contributed by atoms with Crippen LogP contribution in [0.5, 0.6) is 5.75 Å². The summed E-state index contributed by atoms with van der Waals surface area (Å²) in [5, 5.41) is 3.39. The third-order valence-electron chi connectivity index (χ3n) is 3.91. The summed E-state index contributed by atoms with van der Waals surface area (Å²) in [5.41, 5.74) is 3.89. The van der Waals surface area contributed by atoms with Gasteiger partial charge in [0.15, 0.2) is 0 Å². The van der Waals surface area contributed by atoms with Crippen LogP contribution in [0.2, 0.25) is 0 Å². The van der Waals surface area contributed by atoms with E-state index in [1.807, 2.05) is 0 Å². The average molecular weight is 327 g/mol. The summed E-state index contributed by atoms with van der Waals surface area (Å²) in [6, 6.07) is 2.27. The molecule has 2 rings (SSSR count). The lowest BCUT2D eigenvalue weighted by Gasteiger charge is -2.27. The fourth-order valence-electron chi connectivity index (χ4n) is 2.54. The zero-order chi connectivity index (χ0) is 13.8. The van der Waals surface area contributed by atoms with Crippen molar-refractivity contribution in [2.45, 2.75) is 20.3 Å². The monoisotopic (exact) mass is 326 g/mol. The van der Waals surface area contributed by atoms with E-state index < -0.39 is 0 Å². The molecule has 0 amide bonds. The second kappa shape index (κ2) is 6.73. The summed E-state index contributed by atoms with van der Waals surface area (Å²) in [7, 11) is 1.75. The molecule has 0 bridgehead atoms. The average Bonchev–Trinajstić information content (AvgIpc) is 2.44. The van der Waals surface area contributed by atoms with Crippen molar-refractivity contribution < 1.29 is 4.74 Å². The first-order chi connectivity index (χ1) is 9.13. The van der Waals surface area contributed by atoms with E-state index in [0.717, 1.165) is 49.4 Å². The third-order valence-corrected chi connectivity index (χ3v) is 4.87. The lowest BCUT2D eigenvalue weighted by molar-refractivity contribution is 0.243. The number of hydrogen-bond donors (Lipinski definition) is 1. The molecule has 1 heterocycles. The minimum Gasteiger partial charge on any atom is -0.495 e. The maximum Gasteiger partial charge on any atom is 0.136 e. The van der Waals surface area contributed by atoms with Gasteiger partial charge in [0.2, 0.25) is 0 Å². The quantitative estimate of drug-likeness (QED) is 0.920. The topological polar surface area (TPSA) is 24.5 Å². The van der Waals surface area contributed by atoms with E-state index >= 15 is 0 Å². The van der Waals surface area contributed by atoms with Gasteiger partial charge in [-0.05, 0) is 52.9 Å². The van der Waals surface area contributed by atoms with Gasteiger partial charge in [-0.15, -0.1) is 0 Å². The Balaban J connectivity index is 2.10. The van der Waals surface area contributed by atoms with Crippen LogP contribution in [0.25, 0.3) is 0 Å². The Bertz CT molecular complexity index is 442. The van der Waals surface area contributed by atoms with Crippen molar-refractivity contribution in [3.05, 3.63) is 27.2 Å². The van der Waals surface area contributed by atoms with Gasteiger partial charge in [-0.25, -0.2) is 0 Å². The Kier molecular flexibility index (Phi) is 5.25. The van der Waals surface area contributed by atoms with Crippen LogP contribution in [0, 0.1) is 13.8 Å². The van der Waals surface area contributed by atoms with Crippen LogP contribution >= 0.6 is 15.9 Å². The number of piperazine rings is 1. The van der Waals surface area contributed by atoms with Gasteiger partial charge in [0.25, 0.3) is 0 Å². The highest BCUT2D eigenvalue weighted by molar-refractivity contribution is 9.10. The molecule has 3 nitrogen and oxygen atoms in total. The molecule has 0 unspecified atom stereocenters. The van der Waals surface area contributed by atoms with Gasteiger partial charge in [0, 0.05) is 32.7 Å². The molecule has 1 N–H and O–H groups in total. The zero-order valence-corrected chi connectivity index (χ0v) is 13.6. The van der Waals surface area contributed by atoms with Crippen LogP contribution in [0.4, 0.5) is 0 Å². The Morgan fingerprint density at radius 1 is 1.32 bits per heavy atom. The second-order valence-corrected chi connectivity index (χ2v) is 5.96.